The predicted octanol–water partition coefficient (Wildman–Crippen LogP) is 7.95. The van der Waals surface area contributed by atoms with Crippen molar-refractivity contribution in [2.45, 2.75) is 37.3 Å². The number of carbonyl (C=O) groups excluding carboxylic acids is 1. The van der Waals surface area contributed by atoms with E-state index in [0.29, 0.717) is 5.02 Å². The normalized spacial score (nSPS) is 12.1. The number of hydrogen-bond acceptors (Lipinski definition) is 6. The molecule has 0 bridgehead atoms. The lowest BCUT2D eigenvalue weighted by Gasteiger charge is -2.20. The summed E-state index contributed by atoms with van der Waals surface area (Å²) in [5.74, 6) is -0.567. The van der Waals surface area contributed by atoms with Crippen LogP contribution in [0.1, 0.15) is 42.5 Å². The molecule has 0 unspecified atom stereocenters. The molecule has 1 heterocycles. The van der Waals surface area contributed by atoms with Crippen LogP contribution in [0.4, 0.5) is 24.5 Å². The van der Waals surface area contributed by atoms with E-state index in [1.807, 2.05) is 0 Å². The van der Waals surface area contributed by atoms with Gasteiger partial charge in [-0.25, -0.2) is 8.42 Å². The first-order valence-electron chi connectivity index (χ1n) is 12.2. The van der Waals surface area contributed by atoms with E-state index in [1.165, 1.54) is 66.7 Å². The van der Waals surface area contributed by atoms with Crippen LogP contribution in [0.15, 0.2) is 77.7 Å². The van der Waals surface area contributed by atoms with Crippen LogP contribution < -0.4 is 14.8 Å². The van der Waals surface area contributed by atoms with Gasteiger partial charge in [0, 0.05) is 21.1 Å². The first kappa shape index (κ1) is 31.1. The Labute approximate surface area is 249 Å². The molecule has 0 saturated heterocycles. The second kappa shape index (κ2) is 11.8. The van der Waals surface area contributed by atoms with E-state index in [1.54, 1.807) is 20.8 Å². The van der Waals surface area contributed by atoms with Crippen molar-refractivity contribution in [3.05, 3.63) is 99.8 Å². The van der Waals surface area contributed by atoms with E-state index < -0.39 is 39.2 Å². The molecule has 14 heteroatoms. The monoisotopic (exact) mass is 638 g/mol. The number of sulfonamides is 1. The van der Waals surface area contributed by atoms with Gasteiger partial charge in [0.15, 0.2) is 5.69 Å². The smallest absolute Gasteiger partial charge is 0.424 e. The molecule has 42 heavy (non-hydrogen) atoms. The van der Waals surface area contributed by atoms with Crippen LogP contribution in [0.25, 0.3) is 0 Å². The Hall–Kier alpha value is -3.87. The molecule has 0 aliphatic carbocycles. The SMILES string of the molecule is CC(C)(C)c1cc(C(F)(F)F)nc(Oc2ccc(NC(=O)c3cc(Cl)ccc3NS(=O)(=O)c3ccc(Cl)cc3)cc2)n1. The third-order valence-electron chi connectivity index (χ3n) is 5.68. The molecule has 0 fully saturated rings. The quantitative estimate of drug-likeness (QED) is 0.213. The maximum absolute atomic E-state index is 13.4. The summed E-state index contributed by atoms with van der Waals surface area (Å²) in [7, 11) is -4.06. The molecular weight excluding hydrogens is 616 g/mol. The van der Waals surface area contributed by atoms with Crippen LogP contribution >= 0.6 is 23.2 Å². The van der Waals surface area contributed by atoms with Crippen LogP contribution in [-0.4, -0.2) is 24.3 Å². The lowest BCUT2D eigenvalue weighted by molar-refractivity contribution is -0.141. The summed E-state index contributed by atoms with van der Waals surface area (Å²) in [6, 6.07) is 15.6. The van der Waals surface area contributed by atoms with Crippen molar-refractivity contribution in [2.75, 3.05) is 10.0 Å². The maximum Gasteiger partial charge on any atom is 0.433 e. The molecule has 0 spiro atoms. The number of benzene rings is 3. The van der Waals surface area contributed by atoms with Gasteiger partial charge in [-0.2, -0.15) is 23.1 Å². The number of amides is 1. The second-order valence-electron chi connectivity index (χ2n) is 10.00. The van der Waals surface area contributed by atoms with Crippen LogP contribution in [0.5, 0.6) is 11.8 Å². The Morgan fingerprint density at radius 1 is 0.833 bits per heavy atom. The van der Waals surface area contributed by atoms with Gasteiger partial charge in [-0.3, -0.25) is 9.52 Å². The van der Waals surface area contributed by atoms with E-state index in [9.17, 15) is 26.4 Å². The Balaban J connectivity index is 1.53. The number of anilines is 2. The molecule has 0 aliphatic rings. The molecule has 3 aromatic carbocycles. The van der Waals surface area contributed by atoms with E-state index in [2.05, 4.69) is 20.0 Å². The molecule has 220 valence electrons. The van der Waals surface area contributed by atoms with Gasteiger partial charge < -0.3 is 10.1 Å². The third-order valence-corrected chi connectivity index (χ3v) is 7.55. The molecule has 0 atom stereocenters. The molecular formula is C28H23Cl2F3N4O4S. The van der Waals surface area contributed by atoms with E-state index >= 15 is 0 Å². The Kier molecular flexibility index (Phi) is 8.72. The van der Waals surface area contributed by atoms with E-state index in [4.69, 9.17) is 27.9 Å². The maximum atomic E-state index is 13.4. The summed E-state index contributed by atoms with van der Waals surface area (Å²) in [4.78, 5) is 20.7. The largest absolute Gasteiger partial charge is 0.433 e. The molecule has 2 N–H and O–H groups in total. The molecule has 1 aromatic heterocycles. The number of rotatable bonds is 7. The first-order chi connectivity index (χ1) is 19.5. The predicted molar refractivity (Wildman–Crippen MR) is 154 cm³/mol. The summed E-state index contributed by atoms with van der Waals surface area (Å²) < 4.78 is 73.8. The molecule has 4 aromatic rings. The van der Waals surface area contributed by atoms with Gasteiger partial charge in [0.05, 0.1) is 21.8 Å². The highest BCUT2D eigenvalue weighted by molar-refractivity contribution is 7.92. The highest BCUT2D eigenvalue weighted by atomic mass is 35.5. The Bertz CT molecular complexity index is 1690. The second-order valence-corrected chi connectivity index (χ2v) is 12.6. The van der Waals surface area contributed by atoms with Gasteiger partial charge >= 0.3 is 12.2 Å². The lowest BCUT2D eigenvalue weighted by atomic mass is 9.91. The van der Waals surface area contributed by atoms with Gasteiger partial charge in [0.2, 0.25) is 0 Å². The summed E-state index contributed by atoms with van der Waals surface area (Å²) in [6.45, 7) is 5.14. The topological polar surface area (TPSA) is 110 Å². The van der Waals surface area contributed by atoms with Gasteiger partial charge in [-0.1, -0.05) is 44.0 Å². The molecule has 0 aliphatic heterocycles. The van der Waals surface area contributed by atoms with Crippen molar-refractivity contribution in [2.24, 2.45) is 0 Å². The van der Waals surface area contributed by atoms with Crippen LogP contribution in [-0.2, 0) is 21.6 Å². The fourth-order valence-electron chi connectivity index (χ4n) is 3.52. The van der Waals surface area contributed by atoms with Crippen LogP contribution in [0, 0.1) is 0 Å². The van der Waals surface area contributed by atoms with E-state index in [0.717, 1.165) is 6.07 Å². The summed E-state index contributed by atoms with van der Waals surface area (Å²) in [5.41, 5.74) is -1.50. The molecule has 4 rings (SSSR count). The zero-order valence-electron chi connectivity index (χ0n) is 22.3. The molecule has 1 amide bonds. The minimum Gasteiger partial charge on any atom is -0.424 e. The Morgan fingerprint density at radius 3 is 2.02 bits per heavy atom. The summed E-state index contributed by atoms with van der Waals surface area (Å²) in [6.07, 6.45) is -4.70. The highest BCUT2D eigenvalue weighted by Crippen LogP contribution is 2.33. The molecule has 0 saturated carbocycles. The first-order valence-corrected chi connectivity index (χ1v) is 14.4. The van der Waals surface area contributed by atoms with Crippen molar-refractivity contribution in [1.29, 1.82) is 0 Å². The van der Waals surface area contributed by atoms with Crippen LogP contribution in [0.3, 0.4) is 0 Å². The Morgan fingerprint density at radius 2 is 1.43 bits per heavy atom. The fraction of sp³-hybridized carbons (Fsp3) is 0.179. The van der Waals surface area contributed by atoms with E-state index in [-0.39, 0.29) is 38.3 Å². The number of carbonyl (C=O) groups is 1. The lowest BCUT2D eigenvalue weighted by Crippen LogP contribution is -2.19. The highest BCUT2D eigenvalue weighted by Gasteiger charge is 2.35. The van der Waals surface area contributed by atoms with Gasteiger partial charge in [0.1, 0.15) is 5.75 Å². The number of halogens is 5. The minimum absolute atomic E-state index is 0.0249. The third kappa shape index (κ3) is 7.69. The standard InChI is InChI=1S/C28H23Cl2F3N4O4S/c1-27(2,3)23-15-24(28(31,32)33)36-26(35-23)41-19-9-7-18(8-10-19)34-25(38)21-14-17(30)6-13-22(21)37-42(39,40)20-11-4-16(29)5-12-20/h4-15,37H,1-3H3,(H,34,38). The molecule has 8 nitrogen and oxygen atoms in total. The van der Waals surface area contributed by atoms with Crippen molar-refractivity contribution in [3.8, 4) is 11.8 Å². The molecule has 0 radical (unpaired) electrons. The summed E-state index contributed by atoms with van der Waals surface area (Å²) >= 11 is 11.9. The number of hydrogen-bond donors (Lipinski definition) is 2. The van der Waals surface area contributed by atoms with Crippen molar-refractivity contribution < 1.29 is 31.1 Å². The number of alkyl halides is 3. The van der Waals surface area contributed by atoms with Crippen LogP contribution in [0.2, 0.25) is 10.0 Å². The van der Waals surface area contributed by atoms with Gasteiger partial charge in [-0.05, 0) is 72.8 Å². The zero-order chi connectivity index (χ0) is 30.9. The average Bonchev–Trinajstić information content (AvgIpc) is 2.90. The minimum atomic E-state index is -4.70. The average molecular weight is 639 g/mol. The number of nitrogens with one attached hydrogen (secondary N) is 2. The zero-order valence-corrected chi connectivity index (χ0v) is 24.6. The van der Waals surface area contributed by atoms with Crippen molar-refractivity contribution in [3.63, 3.8) is 0 Å². The fourth-order valence-corrected chi connectivity index (χ4v) is 4.90. The van der Waals surface area contributed by atoms with Gasteiger partial charge in [0.25, 0.3) is 15.9 Å². The van der Waals surface area contributed by atoms with Crippen molar-refractivity contribution >= 4 is 50.5 Å². The summed E-state index contributed by atoms with van der Waals surface area (Å²) in [5, 5.41) is 3.17. The van der Waals surface area contributed by atoms with Gasteiger partial charge in [-0.15, -0.1) is 0 Å². The number of aromatic nitrogens is 2. The number of ether oxygens (including phenoxy) is 1. The van der Waals surface area contributed by atoms with Crippen molar-refractivity contribution in [1.82, 2.24) is 9.97 Å². The number of nitrogens with zero attached hydrogens (tertiary/aromatic N) is 2.